The van der Waals surface area contributed by atoms with Gasteiger partial charge in [-0.05, 0) is 81.1 Å². The van der Waals surface area contributed by atoms with Gasteiger partial charge >= 0.3 is 0 Å². The first-order valence-electron chi connectivity index (χ1n) is 12.1. The van der Waals surface area contributed by atoms with Gasteiger partial charge in [0.1, 0.15) is 12.9 Å². The molecule has 0 bridgehead atoms. The maximum Gasteiger partial charge on any atom is 0.225 e. The molecule has 1 aromatic carbocycles. The molecule has 2 saturated heterocycles. The van der Waals surface area contributed by atoms with Crippen LogP contribution in [0.4, 0.5) is 5.82 Å². The van der Waals surface area contributed by atoms with Crippen molar-refractivity contribution in [2.75, 3.05) is 39.0 Å². The zero-order chi connectivity index (χ0) is 24.1. The summed E-state index contributed by atoms with van der Waals surface area (Å²) in [4.78, 5) is 27.0. The van der Waals surface area contributed by atoms with E-state index in [0.717, 1.165) is 63.1 Å². The second-order valence-electron chi connectivity index (χ2n) is 9.27. The third-order valence-electron chi connectivity index (χ3n) is 7.24. The number of rotatable bonds is 6. The Balaban J connectivity index is 1.30. The number of amides is 1. The van der Waals surface area contributed by atoms with E-state index in [-0.39, 0.29) is 17.9 Å². The predicted octanol–water partition coefficient (Wildman–Crippen LogP) is 4.38. The van der Waals surface area contributed by atoms with Gasteiger partial charge < -0.3 is 15.5 Å². The van der Waals surface area contributed by atoms with Crippen molar-refractivity contribution in [1.82, 2.24) is 14.8 Å². The highest BCUT2D eigenvalue weighted by atomic mass is 35.5. The Bertz CT molecular complexity index is 997. The Kier molecular flexibility index (Phi) is 8.06. The lowest BCUT2D eigenvalue weighted by molar-refractivity contribution is -0.138. The van der Waals surface area contributed by atoms with Crippen molar-refractivity contribution >= 4 is 29.0 Å². The van der Waals surface area contributed by atoms with Crippen LogP contribution in [-0.4, -0.2) is 59.7 Å². The van der Waals surface area contributed by atoms with Gasteiger partial charge in [0.15, 0.2) is 0 Å². The van der Waals surface area contributed by atoms with E-state index in [1.54, 1.807) is 13.3 Å². The molecule has 3 heterocycles. The number of carbonyl (C=O) groups is 1. The first-order valence-corrected chi connectivity index (χ1v) is 12.4. The minimum Gasteiger partial charge on any atom is -0.399 e. The highest BCUT2D eigenvalue weighted by molar-refractivity contribution is 6.30. The Morgan fingerprint density at radius 2 is 1.74 bits per heavy atom. The molecule has 1 amide bonds. The number of carbonyl (C=O) groups excluding carboxylic acids is 1. The Labute approximate surface area is 206 Å². The van der Waals surface area contributed by atoms with Gasteiger partial charge in [0.2, 0.25) is 5.91 Å². The van der Waals surface area contributed by atoms with Crippen LogP contribution in [0.2, 0.25) is 5.02 Å². The van der Waals surface area contributed by atoms with Gasteiger partial charge in [-0.2, -0.15) is 0 Å². The van der Waals surface area contributed by atoms with Crippen molar-refractivity contribution in [1.29, 1.82) is 0 Å². The molecule has 182 valence electrons. The summed E-state index contributed by atoms with van der Waals surface area (Å²) >= 11 is 6.04. The van der Waals surface area contributed by atoms with Crippen molar-refractivity contribution < 1.29 is 9.63 Å². The number of oxime groups is 1. The summed E-state index contributed by atoms with van der Waals surface area (Å²) in [5.74, 6) is 1.22. The van der Waals surface area contributed by atoms with Crippen LogP contribution in [0.15, 0.2) is 47.8 Å². The van der Waals surface area contributed by atoms with Gasteiger partial charge in [0.25, 0.3) is 0 Å². The van der Waals surface area contributed by atoms with E-state index in [4.69, 9.17) is 22.2 Å². The van der Waals surface area contributed by atoms with Crippen LogP contribution < -0.4 is 5.73 Å². The number of aromatic nitrogens is 1. The summed E-state index contributed by atoms with van der Waals surface area (Å²) < 4.78 is 0. The maximum absolute atomic E-state index is 13.3. The quantitative estimate of drug-likeness (QED) is 0.487. The third kappa shape index (κ3) is 5.70. The van der Waals surface area contributed by atoms with Crippen LogP contribution in [0.25, 0.3) is 0 Å². The predicted molar refractivity (Wildman–Crippen MR) is 136 cm³/mol. The minimum atomic E-state index is 0.103. The zero-order valence-corrected chi connectivity index (χ0v) is 20.7. The first-order chi connectivity index (χ1) is 16.5. The fourth-order valence-corrected chi connectivity index (χ4v) is 5.31. The molecule has 2 aliphatic rings. The molecule has 8 heteroatoms. The lowest BCUT2D eigenvalue weighted by Crippen LogP contribution is -2.46. The monoisotopic (exact) mass is 483 g/mol. The fourth-order valence-electron chi connectivity index (χ4n) is 5.18. The Hall–Kier alpha value is -2.64. The van der Waals surface area contributed by atoms with Crippen molar-refractivity contribution in [3.63, 3.8) is 0 Å². The molecule has 0 spiro atoms. The van der Waals surface area contributed by atoms with Crippen LogP contribution in [-0.2, 0) is 9.63 Å². The molecule has 2 aromatic rings. The lowest BCUT2D eigenvalue weighted by Gasteiger charge is -2.39. The number of anilines is 1. The molecule has 34 heavy (non-hydrogen) atoms. The number of halogens is 1. The smallest absolute Gasteiger partial charge is 0.225 e. The van der Waals surface area contributed by atoms with Crippen molar-refractivity contribution in [2.24, 2.45) is 17.0 Å². The van der Waals surface area contributed by atoms with Crippen molar-refractivity contribution in [2.45, 2.75) is 38.6 Å². The third-order valence-corrected chi connectivity index (χ3v) is 7.49. The second kappa shape index (κ2) is 11.2. The number of hydrogen-bond acceptors (Lipinski definition) is 6. The molecule has 2 aliphatic heterocycles. The number of pyridine rings is 1. The summed E-state index contributed by atoms with van der Waals surface area (Å²) in [6.07, 6.45) is 5.32. The highest BCUT2D eigenvalue weighted by Gasteiger charge is 2.33. The number of nitrogens with zero attached hydrogens (tertiary/aromatic N) is 4. The number of nitrogen functional groups attached to an aromatic ring is 1. The van der Waals surface area contributed by atoms with Crippen molar-refractivity contribution in [3.8, 4) is 0 Å². The van der Waals surface area contributed by atoms with E-state index in [0.29, 0.717) is 16.7 Å². The summed E-state index contributed by atoms with van der Waals surface area (Å²) in [6.45, 7) is 5.54. The van der Waals surface area contributed by atoms with Crippen LogP contribution >= 0.6 is 11.6 Å². The van der Waals surface area contributed by atoms with Crippen LogP contribution in [0.3, 0.4) is 0 Å². The van der Waals surface area contributed by atoms with E-state index in [1.165, 1.54) is 5.56 Å². The number of hydrogen-bond donors (Lipinski definition) is 1. The minimum absolute atomic E-state index is 0.103. The van der Waals surface area contributed by atoms with E-state index < -0.39 is 0 Å². The molecule has 0 aliphatic carbocycles. The number of piperidine rings is 2. The summed E-state index contributed by atoms with van der Waals surface area (Å²) in [7, 11) is 1.57. The maximum atomic E-state index is 13.3. The van der Waals surface area contributed by atoms with Gasteiger partial charge in [0, 0.05) is 42.2 Å². The molecular weight excluding hydrogens is 450 g/mol. The average Bonchev–Trinajstić information content (AvgIpc) is 2.87. The van der Waals surface area contributed by atoms with E-state index in [9.17, 15) is 4.79 Å². The molecule has 1 aromatic heterocycles. The summed E-state index contributed by atoms with van der Waals surface area (Å²) in [5.41, 5.74) is 8.99. The first kappa shape index (κ1) is 24.5. The lowest BCUT2D eigenvalue weighted by atomic mass is 9.87. The van der Waals surface area contributed by atoms with Crippen LogP contribution in [0.5, 0.6) is 0 Å². The van der Waals surface area contributed by atoms with Gasteiger partial charge in [-0.15, -0.1) is 0 Å². The SMILES string of the molecule is CON=C(c1ccc(Cl)cc1)C1CCN(C(=O)C2CCN(C(C)c3ccnc(N)c3)CC2)CC1. The molecule has 2 fully saturated rings. The summed E-state index contributed by atoms with van der Waals surface area (Å²) in [6, 6.07) is 11.9. The van der Waals surface area contributed by atoms with Gasteiger partial charge in [-0.1, -0.05) is 28.9 Å². The Morgan fingerprint density at radius 3 is 2.35 bits per heavy atom. The zero-order valence-electron chi connectivity index (χ0n) is 20.0. The molecule has 7 nitrogen and oxygen atoms in total. The van der Waals surface area contributed by atoms with E-state index >= 15 is 0 Å². The Morgan fingerprint density at radius 1 is 1.09 bits per heavy atom. The van der Waals surface area contributed by atoms with Crippen LogP contribution in [0, 0.1) is 11.8 Å². The van der Waals surface area contributed by atoms with E-state index in [1.807, 2.05) is 36.4 Å². The normalized spacial score (nSPS) is 19.7. The topological polar surface area (TPSA) is 84.0 Å². The number of nitrogens with two attached hydrogens (primary N) is 1. The van der Waals surface area contributed by atoms with Gasteiger partial charge in [-0.3, -0.25) is 9.69 Å². The molecule has 0 radical (unpaired) electrons. The van der Waals surface area contributed by atoms with Gasteiger partial charge in [-0.25, -0.2) is 4.98 Å². The molecule has 1 atom stereocenters. The fraction of sp³-hybridized carbons (Fsp3) is 0.500. The van der Waals surface area contributed by atoms with E-state index in [2.05, 4.69) is 26.9 Å². The number of benzene rings is 1. The standard InChI is InChI=1S/C26H34ClN5O2/c1-18(22-7-12-29-24(28)17-22)31-13-10-21(11-14-31)26(33)32-15-8-20(9-16-32)25(30-34-2)19-3-5-23(27)6-4-19/h3-7,12,17-18,20-21H,8-11,13-16H2,1-2H3,(H2,28,29). The highest BCUT2D eigenvalue weighted by Crippen LogP contribution is 2.30. The molecular formula is C26H34ClN5O2. The average molecular weight is 484 g/mol. The molecule has 4 rings (SSSR count). The van der Waals surface area contributed by atoms with Gasteiger partial charge in [0.05, 0.1) is 5.71 Å². The largest absolute Gasteiger partial charge is 0.399 e. The number of likely N-dealkylation sites (tertiary alicyclic amines) is 2. The van der Waals surface area contributed by atoms with Crippen molar-refractivity contribution in [3.05, 3.63) is 58.7 Å². The molecule has 0 saturated carbocycles. The molecule has 1 unspecified atom stereocenters. The second-order valence-corrected chi connectivity index (χ2v) is 9.70. The molecule has 2 N–H and O–H groups in total. The van der Waals surface area contributed by atoms with Crippen LogP contribution in [0.1, 0.15) is 49.8 Å². The summed E-state index contributed by atoms with van der Waals surface area (Å²) in [5, 5.41) is 5.02.